The second-order valence-corrected chi connectivity index (χ2v) is 4.11. The molecule has 0 heterocycles. The van der Waals surface area contributed by atoms with Gasteiger partial charge >= 0.3 is 0 Å². The third-order valence-electron chi connectivity index (χ3n) is 1.17. The Kier molecular flexibility index (Phi) is 5.39. The van der Waals surface area contributed by atoms with E-state index in [1.807, 2.05) is 0 Å². The Balaban J connectivity index is 3.23. The monoisotopic (exact) mass is 198 g/mol. The molecule has 5 nitrogen and oxygen atoms in total. The molecule has 0 rings (SSSR count). The van der Waals surface area contributed by atoms with Crippen molar-refractivity contribution < 1.29 is 22.8 Å². The largest absolute Gasteiger partial charge is 0.393 e. The van der Waals surface area contributed by atoms with Crippen molar-refractivity contribution in [1.82, 2.24) is 0 Å². The standard InChI is InChI=1S/C6H14O5S/c1-6(7)2-3-11-4-5-12(8,9)10/h6-7H,2-5H2,1H3,(H,8,9,10). The van der Waals surface area contributed by atoms with Gasteiger partial charge in [-0.1, -0.05) is 0 Å². The number of hydrogen-bond acceptors (Lipinski definition) is 4. The molecule has 0 aliphatic rings. The van der Waals surface area contributed by atoms with Crippen molar-refractivity contribution in [2.45, 2.75) is 19.4 Å². The predicted molar refractivity (Wildman–Crippen MR) is 43.5 cm³/mol. The van der Waals surface area contributed by atoms with Crippen LogP contribution in [0.2, 0.25) is 0 Å². The lowest BCUT2D eigenvalue weighted by molar-refractivity contribution is 0.0972. The van der Waals surface area contributed by atoms with Crippen molar-refractivity contribution in [1.29, 1.82) is 0 Å². The zero-order valence-electron chi connectivity index (χ0n) is 6.93. The summed E-state index contributed by atoms with van der Waals surface area (Å²) >= 11 is 0. The number of aliphatic hydroxyl groups is 1. The lowest BCUT2D eigenvalue weighted by Gasteiger charge is -2.04. The van der Waals surface area contributed by atoms with Gasteiger partial charge < -0.3 is 9.84 Å². The Morgan fingerprint density at radius 3 is 2.42 bits per heavy atom. The lowest BCUT2D eigenvalue weighted by Crippen LogP contribution is -2.13. The summed E-state index contributed by atoms with van der Waals surface area (Å²) in [4.78, 5) is 0. The lowest BCUT2D eigenvalue weighted by atomic mass is 10.3. The van der Waals surface area contributed by atoms with E-state index in [0.717, 1.165) is 0 Å². The van der Waals surface area contributed by atoms with E-state index in [2.05, 4.69) is 0 Å². The zero-order valence-corrected chi connectivity index (χ0v) is 7.75. The average Bonchev–Trinajstić information content (AvgIpc) is 1.83. The summed E-state index contributed by atoms with van der Waals surface area (Å²) in [6.07, 6.45) is 0.0154. The third-order valence-corrected chi connectivity index (χ3v) is 1.85. The molecule has 0 aromatic heterocycles. The Hall–Kier alpha value is -0.170. The van der Waals surface area contributed by atoms with Gasteiger partial charge in [-0.25, -0.2) is 0 Å². The van der Waals surface area contributed by atoms with Crippen LogP contribution in [0.25, 0.3) is 0 Å². The first-order chi connectivity index (χ1) is 5.42. The maximum Gasteiger partial charge on any atom is 0.267 e. The summed E-state index contributed by atoms with van der Waals surface area (Å²) in [7, 11) is -3.91. The molecule has 1 atom stereocenters. The second-order valence-electron chi connectivity index (χ2n) is 2.54. The fraction of sp³-hybridized carbons (Fsp3) is 1.00. The number of aliphatic hydroxyl groups excluding tert-OH is 1. The highest BCUT2D eigenvalue weighted by molar-refractivity contribution is 7.85. The maximum atomic E-state index is 10.2. The van der Waals surface area contributed by atoms with Crippen LogP contribution in [0.5, 0.6) is 0 Å². The predicted octanol–water partition coefficient (Wildman–Crippen LogP) is -0.338. The third kappa shape index (κ3) is 9.83. The molecule has 0 amide bonds. The van der Waals surface area contributed by atoms with Crippen LogP contribution in [0.3, 0.4) is 0 Å². The van der Waals surface area contributed by atoms with E-state index >= 15 is 0 Å². The Bertz CT molecular complexity index is 196. The van der Waals surface area contributed by atoms with Gasteiger partial charge in [0.1, 0.15) is 0 Å². The summed E-state index contributed by atoms with van der Waals surface area (Å²) in [6.45, 7) is 1.88. The highest BCUT2D eigenvalue weighted by Gasteiger charge is 2.03. The Morgan fingerprint density at radius 2 is 2.00 bits per heavy atom. The average molecular weight is 198 g/mol. The van der Waals surface area contributed by atoms with E-state index in [-0.39, 0.29) is 6.61 Å². The smallest absolute Gasteiger partial charge is 0.267 e. The van der Waals surface area contributed by atoms with Crippen LogP contribution in [0.15, 0.2) is 0 Å². The van der Waals surface area contributed by atoms with Gasteiger partial charge in [-0.3, -0.25) is 4.55 Å². The van der Waals surface area contributed by atoms with Crippen molar-refractivity contribution in [2.24, 2.45) is 0 Å². The van der Waals surface area contributed by atoms with Gasteiger partial charge in [0.25, 0.3) is 10.1 Å². The van der Waals surface area contributed by atoms with Gasteiger partial charge in [0, 0.05) is 6.61 Å². The summed E-state index contributed by atoms with van der Waals surface area (Å²) in [5.41, 5.74) is 0. The van der Waals surface area contributed by atoms with E-state index in [4.69, 9.17) is 14.4 Å². The first-order valence-corrected chi connectivity index (χ1v) is 5.23. The number of hydrogen-bond donors (Lipinski definition) is 2. The van der Waals surface area contributed by atoms with Crippen LogP contribution in [-0.2, 0) is 14.9 Å². The van der Waals surface area contributed by atoms with Gasteiger partial charge in [-0.2, -0.15) is 8.42 Å². The van der Waals surface area contributed by atoms with E-state index in [0.29, 0.717) is 13.0 Å². The first-order valence-electron chi connectivity index (χ1n) is 3.63. The van der Waals surface area contributed by atoms with Crippen molar-refractivity contribution in [3.05, 3.63) is 0 Å². The Morgan fingerprint density at radius 1 is 1.42 bits per heavy atom. The van der Waals surface area contributed by atoms with Crippen LogP contribution in [0.4, 0.5) is 0 Å². The van der Waals surface area contributed by atoms with Crippen LogP contribution in [0.1, 0.15) is 13.3 Å². The first kappa shape index (κ1) is 11.8. The highest BCUT2D eigenvalue weighted by atomic mass is 32.2. The molecular formula is C6H14O5S. The van der Waals surface area contributed by atoms with Crippen LogP contribution >= 0.6 is 0 Å². The minimum absolute atomic E-state index is 0.0362. The maximum absolute atomic E-state index is 10.2. The summed E-state index contributed by atoms with van der Waals surface area (Å²) < 4.78 is 33.4. The fourth-order valence-electron chi connectivity index (χ4n) is 0.520. The molecule has 0 aliphatic carbocycles. The van der Waals surface area contributed by atoms with Gasteiger partial charge in [0.05, 0.1) is 18.5 Å². The van der Waals surface area contributed by atoms with E-state index < -0.39 is 22.0 Å². The van der Waals surface area contributed by atoms with Gasteiger partial charge in [-0.05, 0) is 13.3 Å². The normalized spacial score (nSPS) is 14.6. The van der Waals surface area contributed by atoms with Gasteiger partial charge in [0.2, 0.25) is 0 Å². The molecule has 0 spiro atoms. The molecule has 0 aliphatic heterocycles. The van der Waals surface area contributed by atoms with Crippen molar-refractivity contribution in [2.75, 3.05) is 19.0 Å². The second kappa shape index (κ2) is 5.47. The fourth-order valence-corrected chi connectivity index (χ4v) is 0.849. The van der Waals surface area contributed by atoms with Crippen LogP contribution < -0.4 is 0 Å². The summed E-state index contributed by atoms with van der Waals surface area (Å²) in [5.74, 6) is -0.396. The minimum atomic E-state index is -3.91. The van der Waals surface area contributed by atoms with E-state index in [9.17, 15) is 8.42 Å². The minimum Gasteiger partial charge on any atom is -0.393 e. The number of rotatable bonds is 6. The molecule has 74 valence electrons. The van der Waals surface area contributed by atoms with E-state index in [1.165, 1.54) is 0 Å². The van der Waals surface area contributed by atoms with Gasteiger partial charge in [-0.15, -0.1) is 0 Å². The van der Waals surface area contributed by atoms with Crippen molar-refractivity contribution in [3.8, 4) is 0 Å². The molecular weight excluding hydrogens is 184 g/mol. The molecule has 0 saturated carbocycles. The molecule has 0 aromatic carbocycles. The zero-order chi connectivity index (χ0) is 9.61. The molecule has 0 fully saturated rings. The highest BCUT2D eigenvalue weighted by Crippen LogP contribution is 1.90. The molecule has 0 radical (unpaired) electrons. The van der Waals surface area contributed by atoms with Crippen molar-refractivity contribution >= 4 is 10.1 Å². The van der Waals surface area contributed by atoms with Crippen molar-refractivity contribution in [3.63, 3.8) is 0 Å². The quantitative estimate of drug-likeness (QED) is 0.450. The number of ether oxygens (including phenoxy) is 1. The Labute approximate surface area is 72.1 Å². The molecule has 12 heavy (non-hydrogen) atoms. The summed E-state index contributed by atoms with van der Waals surface area (Å²) in [5, 5.41) is 8.76. The molecule has 0 aromatic rings. The molecule has 0 bridgehead atoms. The molecule has 1 unspecified atom stereocenters. The SMILES string of the molecule is CC(O)CCOCCS(=O)(=O)O. The molecule has 6 heteroatoms. The van der Waals surface area contributed by atoms with Crippen LogP contribution in [-0.4, -0.2) is 43.1 Å². The molecule has 2 N–H and O–H groups in total. The topological polar surface area (TPSA) is 83.8 Å². The van der Waals surface area contributed by atoms with Crippen LogP contribution in [0, 0.1) is 0 Å². The van der Waals surface area contributed by atoms with Gasteiger partial charge in [0.15, 0.2) is 0 Å². The summed E-state index contributed by atoms with van der Waals surface area (Å²) in [6, 6.07) is 0. The molecule has 0 saturated heterocycles. The van der Waals surface area contributed by atoms with E-state index in [1.54, 1.807) is 6.92 Å².